The lowest BCUT2D eigenvalue weighted by molar-refractivity contribution is -0.115. The summed E-state index contributed by atoms with van der Waals surface area (Å²) < 4.78 is 10.1. The van der Waals surface area contributed by atoms with Gasteiger partial charge in [0.25, 0.3) is 0 Å². The number of H-pyrrole nitrogens is 1. The molecule has 130 valence electrons. The van der Waals surface area contributed by atoms with Crippen LogP contribution in [0, 0.1) is 6.92 Å². The van der Waals surface area contributed by atoms with E-state index in [2.05, 4.69) is 20.7 Å². The first kappa shape index (κ1) is 16.6. The Labute approximate surface area is 144 Å². The number of aryl methyl sites for hydroxylation is 1. The summed E-state index contributed by atoms with van der Waals surface area (Å²) in [4.78, 5) is 13.8. The number of likely N-dealkylation sites (N-methyl/N-ethyl adjacent to an activating group) is 1. The number of rotatable bonds is 6. The summed E-state index contributed by atoms with van der Waals surface area (Å²) in [7, 11) is 3.42. The fourth-order valence-electron chi connectivity index (χ4n) is 2.33. The number of hydrogen-bond donors (Lipinski definition) is 2. The monoisotopic (exact) mass is 341 g/mol. The number of aromatic nitrogens is 3. The van der Waals surface area contributed by atoms with Gasteiger partial charge in [0.05, 0.1) is 19.3 Å². The van der Waals surface area contributed by atoms with Crippen molar-refractivity contribution >= 4 is 17.5 Å². The van der Waals surface area contributed by atoms with E-state index in [1.165, 1.54) is 0 Å². The molecule has 2 aromatic heterocycles. The molecule has 2 heterocycles. The van der Waals surface area contributed by atoms with Crippen molar-refractivity contribution in [2.75, 3.05) is 30.9 Å². The normalized spacial score (nSPS) is 10.5. The van der Waals surface area contributed by atoms with E-state index in [4.69, 9.17) is 9.26 Å². The lowest BCUT2D eigenvalue weighted by atomic mass is 10.1. The van der Waals surface area contributed by atoms with Crippen molar-refractivity contribution < 1.29 is 14.1 Å². The van der Waals surface area contributed by atoms with Crippen LogP contribution in [0.5, 0.6) is 5.75 Å². The van der Waals surface area contributed by atoms with E-state index in [1.54, 1.807) is 32.0 Å². The van der Waals surface area contributed by atoms with Gasteiger partial charge in [-0.05, 0) is 36.8 Å². The van der Waals surface area contributed by atoms with Gasteiger partial charge in [-0.1, -0.05) is 5.16 Å². The highest BCUT2D eigenvalue weighted by molar-refractivity contribution is 5.93. The third-order valence-electron chi connectivity index (χ3n) is 3.63. The van der Waals surface area contributed by atoms with Crippen LogP contribution in [-0.2, 0) is 4.79 Å². The summed E-state index contributed by atoms with van der Waals surface area (Å²) >= 11 is 0. The standard InChI is InChI=1S/C17H19N5O3/c1-11-8-15(21-25-11)18-17(23)10-22(2)16-9-14(19-20-16)12-4-6-13(24-3)7-5-12/h4-9H,10H2,1-3H3,(H,19,20)(H,18,21,23). The number of carbonyl (C=O) groups is 1. The molecule has 0 saturated carbocycles. The fraction of sp³-hybridized carbons (Fsp3) is 0.235. The average molecular weight is 341 g/mol. The molecule has 0 saturated heterocycles. The van der Waals surface area contributed by atoms with Gasteiger partial charge in [0.2, 0.25) is 5.91 Å². The predicted octanol–water partition coefficient (Wildman–Crippen LogP) is 2.46. The van der Waals surface area contributed by atoms with E-state index in [9.17, 15) is 4.79 Å². The highest BCUT2D eigenvalue weighted by Gasteiger charge is 2.13. The highest BCUT2D eigenvalue weighted by Crippen LogP contribution is 2.23. The second kappa shape index (κ2) is 7.08. The summed E-state index contributed by atoms with van der Waals surface area (Å²) in [6.07, 6.45) is 0. The van der Waals surface area contributed by atoms with Crippen LogP contribution in [0.4, 0.5) is 11.6 Å². The summed E-state index contributed by atoms with van der Waals surface area (Å²) in [6.45, 7) is 1.90. The highest BCUT2D eigenvalue weighted by atomic mass is 16.5. The molecule has 0 fully saturated rings. The van der Waals surface area contributed by atoms with Gasteiger partial charge in [0, 0.05) is 19.2 Å². The molecular formula is C17H19N5O3. The zero-order valence-corrected chi connectivity index (χ0v) is 14.2. The molecule has 2 N–H and O–H groups in total. The Balaban J connectivity index is 1.63. The van der Waals surface area contributed by atoms with Gasteiger partial charge in [-0.25, -0.2) is 0 Å². The SMILES string of the molecule is COc1ccc(-c2cc(N(C)CC(=O)Nc3cc(C)on3)n[nH]2)cc1. The van der Waals surface area contributed by atoms with Gasteiger partial charge < -0.3 is 19.5 Å². The van der Waals surface area contributed by atoms with Crippen LogP contribution >= 0.6 is 0 Å². The van der Waals surface area contributed by atoms with Gasteiger partial charge >= 0.3 is 0 Å². The molecule has 0 aliphatic heterocycles. The molecule has 3 aromatic rings. The van der Waals surface area contributed by atoms with E-state index in [0.717, 1.165) is 17.0 Å². The van der Waals surface area contributed by atoms with Crippen LogP contribution in [0.15, 0.2) is 40.9 Å². The number of carbonyl (C=O) groups excluding carboxylic acids is 1. The molecule has 0 spiro atoms. The number of nitrogens with zero attached hydrogens (tertiary/aromatic N) is 3. The smallest absolute Gasteiger partial charge is 0.245 e. The Morgan fingerprint density at radius 1 is 1.32 bits per heavy atom. The van der Waals surface area contributed by atoms with Crippen molar-refractivity contribution in [3.8, 4) is 17.0 Å². The third-order valence-corrected chi connectivity index (χ3v) is 3.63. The second-order valence-corrected chi connectivity index (χ2v) is 5.60. The summed E-state index contributed by atoms with van der Waals surface area (Å²) in [5, 5.41) is 13.6. The minimum absolute atomic E-state index is 0.138. The Morgan fingerprint density at radius 3 is 2.72 bits per heavy atom. The van der Waals surface area contributed by atoms with E-state index < -0.39 is 0 Å². The Hall–Kier alpha value is -3.29. The lowest BCUT2D eigenvalue weighted by Gasteiger charge is -2.14. The molecule has 1 aromatic carbocycles. The number of amides is 1. The first-order chi connectivity index (χ1) is 12.0. The zero-order valence-electron chi connectivity index (χ0n) is 14.2. The molecule has 0 atom stereocenters. The number of nitrogens with one attached hydrogen (secondary N) is 2. The minimum Gasteiger partial charge on any atom is -0.497 e. The number of anilines is 2. The van der Waals surface area contributed by atoms with Crippen LogP contribution in [0.3, 0.4) is 0 Å². The quantitative estimate of drug-likeness (QED) is 0.715. The summed E-state index contributed by atoms with van der Waals surface area (Å²) in [6, 6.07) is 11.2. The van der Waals surface area contributed by atoms with Crippen LogP contribution < -0.4 is 15.0 Å². The van der Waals surface area contributed by atoms with Crippen molar-refractivity contribution in [3.05, 3.63) is 42.2 Å². The molecule has 8 heteroatoms. The lowest BCUT2D eigenvalue weighted by Crippen LogP contribution is -2.30. The predicted molar refractivity (Wildman–Crippen MR) is 93.7 cm³/mol. The number of aromatic amines is 1. The topological polar surface area (TPSA) is 96.3 Å². The molecule has 3 rings (SSSR count). The van der Waals surface area contributed by atoms with Crippen molar-refractivity contribution in [2.45, 2.75) is 6.92 Å². The van der Waals surface area contributed by atoms with Crippen LogP contribution in [0.1, 0.15) is 5.76 Å². The number of ether oxygens (including phenoxy) is 1. The van der Waals surface area contributed by atoms with Gasteiger partial charge in [-0.2, -0.15) is 5.10 Å². The summed E-state index contributed by atoms with van der Waals surface area (Å²) in [5.41, 5.74) is 1.84. The van der Waals surface area contributed by atoms with Crippen LogP contribution in [0.25, 0.3) is 11.3 Å². The first-order valence-corrected chi connectivity index (χ1v) is 7.69. The number of benzene rings is 1. The largest absolute Gasteiger partial charge is 0.497 e. The fourth-order valence-corrected chi connectivity index (χ4v) is 2.33. The Kier molecular flexibility index (Phi) is 4.69. The van der Waals surface area contributed by atoms with Crippen molar-refractivity contribution in [1.82, 2.24) is 15.4 Å². The molecule has 0 radical (unpaired) electrons. The molecule has 0 aliphatic carbocycles. The molecule has 1 amide bonds. The van der Waals surface area contributed by atoms with Crippen molar-refractivity contribution in [2.24, 2.45) is 0 Å². The minimum atomic E-state index is -0.204. The summed E-state index contributed by atoms with van der Waals surface area (Å²) in [5.74, 6) is 2.29. The number of methoxy groups -OCH3 is 1. The maximum atomic E-state index is 12.1. The maximum absolute atomic E-state index is 12.1. The van der Waals surface area contributed by atoms with Crippen LogP contribution in [0.2, 0.25) is 0 Å². The second-order valence-electron chi connectivity index (χ2n) is 5.60. The average Bonchev–Trinajstić information content (AvgIpc) is 3.24. The van der Waals surface area contributed by atoms with E-state index in [1.807, 2.05) is 30.3 Å². The van der Waals surface area contributed by atoms with E-state index in [-0.39, 0.29) is 12.5 Å². The third kappa shape index (κ3) is 3.97. The van der Waals surface area contributed by atoms with Gasteiger partial charge in [-0.15, -0.1) is 0 Å². The maximum Gasteiger partial charge on any atom is 0.245 e. The molecular weight excluding hydrogens is 322 g/mol. The van der Waals surface area contributed by atoms with Gasteiger partial charge in [-0.3, -0.25) is 9.89 Å². The Morgan fingerprint density at radius 2 is 2.08 bits per heavy atom. The number of hydrogen-bond acceptors (Lipinski definition) is 6. The van der Waals surface area contributed by atoms with Crippen molar-refractivity contribution in [3.63, 3.8) is 0 Å². The first-order valence-electron chi connectivity index (χ1n) is 7.69. The Bertz CT molecular complexity index is 853. The molecule has 0 unspecified atom stereocenters. The molecule has 8 nitrogen and oxygen atoms in total. The molecule has 0 aliphatic rings. The zero-order chi connectivity index (χ0) is 17.8. The molecule has 25 heavy (non-hydrogen) atoms. The van der Waals surface area contributed by atoms with Gasteiger partial charge in [0.1, 0.15) is 11.5 Å². The van der Waals surface area contributed by atoms with Crippen LogP contribution in [-0.4, -0.2) is 42.0 Å². The van der Waals surface area contributed by atoms with Gasteiger partial charge in [0.15, 0.2) is 11.6 Å². The van der Waals surface area contributed by atoms with E-state index in [0.29, 0.717) is 17.4 Å². The van der Waals surface area contributed by atoms with E-state index >= 15 is 0 Å². The molecule has 0 bridgehead atoms. The van der Waals surface area contributed by atoms with Crippen molar-refractivity contribution in [1.29, 1.82) is 0 Å².